The lowest BCUT2D eigenvalue weighted by Crippen LogP contribution is -2.60. The van der Waals surface area contributed by atoms with E-state index in [0.717, 1.165) is 44.3 Å². The van der Waals surface area contributed by atoms with Gasteiger partial charge in [0, 0.05) is 43.7 Å². The summed E-state index contributed by atoms with van der Waals surface area (Å²) in [5.41, 5.74) is 0.496. The molecule has 15 heteroatoms. The fourth-order valence-electron chi connectivity index (χ4n) is 10.6. The van der Waals surface area contributed by atoms with Gasteiger partial charge in [-0.25, -0.2) is 22.8 Å². The molecule has 6 bridgehead atoms. The van der Waals surface area contributed by atoms with Gasteiger partial charge < -0.3 is 29.3 Å². The number of ether oxygens (including phenoxy) is 3. The third kappa shape index (κ3) is 7.44. The number of amides is 2. The molecule has 6 aliphatic rings. The Bertz CT molecular complexity index is 2530. The molecule has 3 aromatic carbocycles. The summed E-state index contributed by atoms with van der Waals surface area (Å²) in [6.45, 7) is 4.93. The molecule has 4 fully saturated rings. The van der Waals surface area contributed by atoms with Gasteiger partial charge in [-0.1, -0.05) is 36.4 Å². The minimum Gasteiger partial charge on any atom is -0.461 e. The average molecular weight is 836 g/mol. The van der Waals surface area contributed by atoms with Gasteiger partial charge in [-0.3, -0.25) is 9.88 Å². The molecule has 8 heterocycles. The molecule has 4 saturated heterocycles. The number of alkyl halides is 1. The molecule has 0 radical (unpaired) electrons. The van der Waals surface area contributed by atoms with Crippen LogP contribution < -0.4 is 19.7 Å². The van der Waals surface area contributed by atoms with E-state index in [9.17, 15) is 14.0 Å². The summed E-state index contributed by atoms with van der Waals surface area (Å²) in [5, 5.41) is 4.51. The van der Waals surface area contributed by atoms with Crippen LogP contribution in [0.4, 0.5) is 28.6 Å². The highest BCUT2D eigenvalue weighted by molar-refractivity contribution is 6.02. The van der Waals surface area contributed by atoms with Gasteiger partial charge >= 0.3 is 18.2 Å². The molecule has 0 aliphatic carbocycles. The van der Waals surface area contributed by atoms with E-state index >= 15 is 8.78 Å². The van der Waals surface area contributed by atoms with Gasteiger partial charge in [0.2, 0.25) is 0 Å². The molecule has 2 aromatic heterocycles. The number of alkyl carbamates (subject to hydrolysis) is 1. The number of fused-ring (bicyclic) bond motifs is 7. The molecule has 0 spiro atoms. The molecule has 318 valence electrons. The Balaban J connectivity index is 1.08. The number of likely N-dealkylation sites (tertiary alicyclic amines) is 1. The van der Waals surface area contributed by atoms with Crippen LogP contribution in [0.25, 0.3) is 32.9 Å². The second-order valence-electron chi connectivity index (χ2n) is 17.6. The maximum Gasteiger partial charge on any atom is 0.415 e. The molecular weight excluding hydrogens is 788 g/mol. The van der Waals surface area contributed by atoms with Gasteiger partial charge in [-0.2, -0.15) is 9.97 Å². The van der Waals surface area contributed by atoms with Crippen LogP contribution in [0.5, 0.6) is 11.8 Å². The molecule has 6 aliphatic heterocycles. The zero-order valence-electron chi connectivity index (χ0n) is 34.1. The average Bonchev–Trinajstić information content (AvgIpc) is 3.98. The summed E-state index contributed by atoms with van der Waals surface area (Å²) < 4.78 is 66.1. The molecule has 12 nitrogen and oxygen atoms in total. The van der Waals surface area contributed by atoms with Gasteiger partial charge in [0.15, 0.2) is 5.82 Å². The summed E-state index contributed by atoms with van der Waals surface area (Å²) in [4.78, 5) is 46.9. The highest BCUT2D eigenvalue weighted by atomic mass is 19.1. The van der Waals surface area contributed by atoms with Gasteiger partial charge in [0.1, 0.15) is 41.4 Å². The number of hydrogen-bond acceptors (Lipinski definition) is 10. The molecule has 61 heavy (non-hydrogen) atoms. The Hall–Kier alpha value is -5.70. The monoisotopic (exact) mass is 835 g/mol. The van der Waals surface area contributed by atoms with Crippen molar-refractivity contribution in [3.8, 4) is 23.0 Å². The van der Waals surface area contributed by atoms with Crippen LogP contribution in [0.3, 0.4) is 0 Å². The van der Waals surface area contributed by atoms with Crippen molar-refractivity contribution in [2.75, 3.05) is 57.4 Å². The Morgan fingerprint density at radius 1 is 1.02 bits per heavy atom. The first kappa shape index (κ1) is 39.4. The third-order valence-corrected chi connectivity index (χ3v) is 13.4. The first-order valence-electron chi connectivity index (χ1n) is 21.4. The molecule has 5 aromatic rings. The Morgan fingerprint density at radius 3 is 2.69 bits per heavy atom. The maximum atomic E-state index is 17.6. The fourth-order valence-corrected chi connectivity index (χ4v) is 10.6. The Morgan fingerprint density at radius 2 is 1.85 bits per heavy atom. The van der Waals surface area contributed by atoms with Gasteiger partial charge in [0.05, 0.1) is 29.6 Å². The summed E-state index contributed by atoms with van der Waals surface area (Å²) in [5.74, 6) is -0.805. The second-order valence-corrected chi connectivity index (χ2v) is 17.6. The Labute approximate surface area is 351 Å². The minimum atomic E-state index is -1.35. The minimum absolute atomic E-state index is 0.0279. The van der Waals surface area contributed by atoms with Crippen molar-refractivity contribution >= 4 is 39.7 Å². The van der Waals surface area contributed by atoms with Crippen molar-refractivity contribution in [2.45, 2.75) is 81.5 Å². The Kier molecular flexibility index (Phi) is 10.1. The number of aromatic nitrogens is 3. The number of rotatable bonds is 5. The summed E-state index contributed by atoms with van der Waals surface area (Å²) in [6, 6.07) is 15.6. The smallest absolute Gasteiger partial charge is 0.415 e. The third-order valence-electron chi connectivity index (χ3n) is 13.4. The zero-order chi connectivity index (χ0) is 41.9. The molecule has 1 N–H and O–H groups in total. The largest absolute Gasteiger partial charge is 0.461 e. The lowest BCUT2D eigenvalue weighted by Gasteiger charge is -2.42. The van der Waals surface area contributed by atoms with Gasteiger partial charge in [-0.15, -0.1) is 0 Å². The lowest BCUT2D eigenvalue weighted by molar-refractivity contribution is 0.107. The summed E-state index contributed by atoms with van der Waals surface area (Å²) in [7, 11) is 0. The van der Waals surface area contributed by atoms with E-state index in [1.807, 2.05) is 18.2 Å². The molecular formula is C46H48F3N7O5. The van der Waals surface area contributed by atoms with E-state index in [2.05, 4.69) is 10.2 Å². The molecule has 11 rings (SSSR count). The topological polar surface area (TPSA) is 122 Å². The first-order valence-corrected chi connectivity index (χ1v) is 21.4. The van der Waals surface area contributed by atoms with Crippen molar-refractivity contribution in [2.24, 2.45) is 0 Å². The van der Waals surface area contributed by atoms with Gasteiger partial charge in [-0.05, 0) is 105 Å². The molecule has 0 saturated carbocycles. The lowest BCUT2D eigenvalue weighted by atomic mass is 9.90. The van der Waals surface area contributed by atoms with Crippen molar-refractivity contribution in [1.29, 1.82) is 0 Å². The van der Waals surface area contributed by atoms with Crippen LogP contribution in [-0.4, -0.2) is 107 Å². The highest BCUT2D eigenvalue weighted by Crippen LogP contribution is 2.42. The van der Waals surface area contributed by atoms with Crippen LogP contribution in [0.2, 0.25) is 0 Å². The second kappa shape index (κ2) is 15.6. The number of hydrogen-bond donors (Lipinski definition) is 1. The first-order chi connectivity index (χ1) is 29.5. The predicted octanol–water partition coefficient (Wildman–Crippen LogP) is 8.10. The van der Waals surface area contributed by atoms with Crippen LogP contribution in [0.1, 0.15) is 68.9 Å². The molecule has 3 atom stereocenters. The number of halogens is 3. The number of nitrogens with one attached hydrogen (secondary N) is 1. The fraction of sp³-hybridized carbons (Fsp3) is 0.457. The van der Waals surface area contributed by atoms with Crippen LogP contribution >= 0.6 is 0 Å². The predicted molar refractivity (Wildman–Crippen MR) is 223 cm³/mol. The maximum absolute atomic E-state index is 17.6. The SMILES string of the molecule is CC12CC(F)CN(C1)c1nc(OCC34CCCN3CCC4)nc3c(F)c(ncc13)-c1cc(OC(=O)N3CCC(c4ccccc4F)C3)cc3cccc(c13)CCCOC(=O)N2. The van der Waals surface area contributed by atoms with E-state index in [0.29, 0.717) is 54.3 Å². The van der Waals surface area contributed by atoms with Crippen molar-refractivity contribution in [1.82, 2.24) is 30.1 Å². The number of piperidine rings is 1. The van der Waals surface area contributed by atoms with Gasteiger partial charge in [0.25, 0.3) is 0 Å². The van der Waals surface area contributed by atoms with Crippen molar-refractivity contribution < 1.29 is 37.0 Å². The van der Waals surface area contributed by atoms with E-state index in [1.54, 1.807) is 47.1 Å². The normalized spacial score (nSPS) is 23.9. The van der Waals surface area contributed by atoms with Crippen LogP contribution in [-0.2, 0) is 11.2 Å². The van der Waals surface area contributed by atoms with Crippen molar-refractivity contribution in [3.63, 3.8) is 0 Å². The summed E-state index contributed by atoms with van der Waals surface area (Å²) >= 11 is 0. The number of pyridine rings is 1. The van der Waals surface area contributed by atoms with E-state index in [1.165, 1.54) is 12.3 Å². The number of nitrogens with zero attached hydrogens (tertiary/aromatic N) is 6. The van der Waals surface area contributed by atoms with Crippen LogP contribution in [0.15, 0.2) is 60.8 Å². The number of benzene rings is 3. The van der Waals surface area contributed by atoms with E-state index in [-0.39, 0.29) is 84.1 Å². The van der Waals surface area contributed by atoms with E-state index in [4.69, 9.17) is 29.2 Å². The quantitative estimate of drug-likeness (QED) is 0.186. The van der Waals surface area contributed by atoms with E-state index < -0.39 is 29.7 Å². The standard InChI is InChI=1S/C46H48F3N7O5/c1-45-22-31(47)25-55(26-45)41-35-23-50-39(38(49)40(35)51-42(52-41)60-27-46-14-6-16-56(46)17-7-15-46)34-21-32(20-29-9-4-8-28(37(29)34)10-5-19-59-43(57)53-45)61-44(58)54-18-13-30(24-54)33-11-2-3-12-36(33)48/h2-4,8-9,11-12,20-21,23,30-31H,5-7,10,13-19,22,24-27H2,1H3,(H,53,57). The number of anilines is 1. The highest BCUT2D eigenvalue weighted by Gasteiger charge is 2.45. The number of carbonyl (C=O) groups is 2. The summed E-state index contributed by atoms with van der Waals surface area (Å²) in [6.07, 6.45) is 4.50. The molecule has 3 unspecified atom stereocenters. The zero-order valence-corrected chi connectivity index (χ0v) is 34.1. The van der Waals surface area contributed by atoms with Crippen molar-refractivity contribution in [3.05, 3.63) is 83.6 Å². The number of carbonyl (C=O) groups excluding carboxylic acids is 2. The molecule has 2 amide bonds. The van der Waals surface area contributed by atoms with Crippen LogP contribution in [0, 0.1) is 11.6 Å². The number of aryl methyl sites for hydroxylation is 1.